The van der Waals surface area contributed by atoms with E-state index in [0.29, 0.717) is 23.8 Å². The summed E-state index contributed by atoms with van der Waals surface area (Å²) in [6.07, 6.45) is 0.906. The van der Waals surface area contributed by atoms with E-state index < -0.39 is 17.9 Å². The zero-order valence-electron chi connectivity index (χ0n) is 12.4. The summed E-state index contributed by atoms with van der Waals surface area (Å²) in [5.74, 6) is -0.310. The van der Waals surface area contributed by atoms with Gasteiger partial charge in [0.25, 0.3) is 0 Å². The average Bonchev–Trinajstić information content (AvgIpc) is 2.86. The largest absolute Gasteiger partial charge is 0.493 e. The van der Waals surface area contributed by atoms with Gasteiger partial charge in [-0.15, -0.1) is 0 Å². The Kier molecular flexibility index (Phi) is 4.67. The fraction of sp³-hybridized carbons (Fsp3) is 0.467. The molecular weight excluding hydrogens is 272 g/mol. The van der Waals surface area contributed by atoms with Crippen molar-refractivity contribution >= 4 is 11.7 Å². The first-order valence-corrected chi connectivity index (χ1v) is 6.91. The number of nitrogens with zero attached hydrogens (tertiary/aromatic N) is 1. The van der Waals surface area contributed by atoms with E-state index in [1.165, 1.54) is 0 Å². The molecule has 0 fully saturated rings. The van der Waals surface area contributed by atoms with Crippen LogP contribution in [0.1, 0.15) is 31.9 Å². The van der Waals surface area contributed by atoms with Gasteiger partial charge in [-0.1, -0.05) is 13.0 Å². The van der Waals surface area contributed by atoms with Crippen LogP contribution in [0, 0.1) is 5.92 Å². The van der Waals surface area contributed by atoms with Gasteiger partial charge in [0.1, 0.15) is 5.92 Å². The Balaban J connectivity index is 2.27. The molecule has 2 N–H and O–H groups in total. The molecule has 1 aliphatic heterocycles. The summed E-state index contributed by atoms with van der Waals surface area (Å²) in [7, 11) is 1.57. The minimum atomic E-state index is -0.892. The number of methoxy groups -OCH3 is 1. The second-order valence-electron chi connectivity index (χ2n) is 4.93. The summed E-state index contributed by atoms with van der Waals surface area (Å²) in [6, 6.07) is 5.05. The third-order valence-electron chi connectivity index (χ3n) is 3.44. The summed E-state index contributed by atoms with van der Waals surface area (Å²) in [6.45, 7) is 4.35. The number of hydrogen-bond acceptors (Lipinski definition) is 5. The van der Waals surface area contributed by atoms with Crippen LogP contribution in [0.4, 0.5) is 0 Å². The van der Waals surface area contributed by atoms with Crippen LogP contribution < -0.4 is 14.9 Å². The van der Waals surface area contributed by atoms with E-state index in [1.807, 2.05) is 13.0 Å². The average molecular weight is 292 g/mol. The van der Waals surface area contributed by atoms with Crippen molar-refractivity contribution in [3.8, 4) is 11.5 Å². The van der Waals surface area contributed by atoms with E-state index in [4.69, 9.17) is 9.47 Å². The molecule has 0 aromatic heterocycles. The van der Waals surface area contributed by atoms with Gasteiger partial charge >= 0.3 is 5.97 Å². The van der Waals surface area contributed by atoms with Gasteiger partial charge in [-0.2, -0.15) is 5.10 Å². The number of nitrogens with one attached hydrogen (secondary N) is 1. The number of rotatable bonds is 6. The van der Waals surface area contributed by atoms with Gasteiger partial charge in [0.15, 0.2) is 11.5 Å². The predicted molar refractivity (Wildman–Crippen MR) is 78.9 cm³/mol. The van der Waals surface area contributed by atoms with Crippen molar-refractivity contribution < 1.29 is 19.4 Å². The molecule has 6 heteroatoms. The molecule has 6 nitrogen and oxygen atoms in total. The molecule has 2 rings (SSSR count). The highest BCUT2D eigenvalue weighted by Gasteiger charge is 2.36. The molecule has 0 saturated carbocycles. The number of ether oxygens (including phenoxy) is 2. The molecule has 1 heterocycles. The molecule has 0 spiro atoms. The van der Waals surface area contributed by atoms with Gasteiger partial charge < -0.3 is 20.0 Å². The number of carboxylic acids is 1. The minimum Gasteiger partial charge on any atom is -0.493 e. The maximum Gasteiger partial charge on any atom is 0.314 e. The molecule has 0 aliphatic carbocycles. The Labute approximate surface area is 123 Å². The normalized spacial score (nSPS) is 20.6. The highest BCUT2D eigenvalue weighted by atomic mass is 16.5. The fourth-order valence-electron chi connectivity index (χ4n) is 2.35. The second-order valence-corrected chi connectivity index (χ2v) is 4.93. The first kappa shape index (κ1) is 15.2. The Morgan fingerprint density at radius 2 is 2.19 bits per heavy atom. The molecule has 114 valence electrons. The Bertz CT molecular complexity index is 557. The molecule has 1 aromatic carbocycles. The van der Waals surface area contributed by atoms with Gasteiger partial charge in [0, 0.05) is 0 Å². The molecule has 0 bridgehead atoms. The van der Waals surface area contributed by atoms with Crippen LogP contribution in [-0.4, -0.2) is 30.5 Å². The van der Waals surface area contributed by atoms with Gasteiger partial charge in [0.2, 0.25) is 0 Å². The minimum absolute atomic E-state index is 0.392. The van der Waals surface area contributed by atoms with Gasteiger partial charge in [-0.3, -0.25) is 4.79 Å². The number of benzene rings is 1. The summed E-state index contributed by atoms with van der Waals surface area (Å²) >= 11 is 0. The molecule has 1 aromatic rings. The zero-order valence-corrected chi connectivity index (χ0v) is 12.4. The molecular formula is C15H20N2O4. The third kappa shape index (κ3) is 3.09. The monoisotopic (exact) mass is 292 g/mol. The predicted octanol–water partition coefficient (Wildman–Crippen LogP) is 2.21. The maximum atomic E-state index is 11.4. The van der Waals surface area contributed by atoms with Crippen molar-refractivity contribution in [2.24, 2.45) is 11.0 Å². The highest BCUT2D eigenvalue weighted by molar-refractivity contribution is 6.02. The highest BCUT2D eigenvalue weighted by Crippen LogP contribution is 2.34. The van der Waals surface area contributed by atoms with Crippen LogP contribution >= 0.6 is 0 Å². The Morgan fingerprint density at radius 1 is 1.43 bits per heavy atom. The van der Waals surface area contributed by atoms with E-state index in [9.17, 15) is 9.90 Å². The number of hydrazone groups is 1. The van der Waals surface area contributed by atoms with Gasteiger partial charge in [0.05, 0.1) is 25.5 Å². The molecule has 21 heavy (non-hydrogen) atoms. The lowest BCUT2D eigenvalue weighted by Gasteiger charge is -2.18. The van der Waals surface area contributed by atoms with Crippen LogP contribution in [-0.2, 0) is 4.79 Å². The standard InChI is InChI=1S/C15H20N2O4/c1-4-7-21-11-6-5-10(8-12(11)20-3)14-13(15(18)19)9(2)16-17-14/h5-6,8,13-14,17H,4,7H2,1-3H3,(H,18,19). The van der Waals surface area contributed by atoms with E-state index in [0.717, 1.165) is 12.0 Å². The van der Waals surface area contributed by atoms with E-state index in [1.54, 1.807) is 26.2 Å². The summed E-state index contributed by atoms with van der Waals surface area (Å²) in [4.78, 5) is 11.4. The SMILES string of the molecule is CCCOc1ccc(C2NN=C(C)C2C(=O)O)cc1OC. The smallest absolute Gasteiger partial charge is 0.314 e. The fourth-order valence-corrected chi connectivity index (χ4v) is 2.35. The summed E-state index contributed by atoms with van der Waals surface area (Å²) in [5.41, 5.74) is 4.26. The topological polar surface area (TPSA) is 80.2 Å². The molecule has 0 radical (unpaired) electrons. The Hall–Kier alpha value is -2.24. The van der Waals surface area contributed by atoms with Gasteiger partial charge in [-0.25, -0.2) is 0 Å². The summed E-state index contributed by atoms with van der Waals surface area (Å²) < 4.78 is 10.9. The van der Waals surface area contributed by atoms with E-state index in [2.05, 4.69) is 10.5 Å². The van der Waals surface area contributed by atoms with Crippen molar-refractivity contribution in [1.29, 1.82) is 0 Å². The van der Waals surface area contributed by atoms with Gasteiger partial charge in [-0.05, 0) is 31.0 Å². The number of hydrogen-bond donors (Lipinski definition) is 2. The first-order chi connectivity index (χ1) is 10.1. The lowest BCUT2D eigenvalue weighted by molar-refractivity contribution is -0.139. The maximum absolute atomic E-state index is 11.4. The molecule has 1 aliphatic rings. The van der Waals surface area contributed by atoms with Crippen molar-refractivity contribution in [3.63, 3.8) is 0 Å². The third-order valence-corrected chi connectivity index (χ3v) is 3.44. The van der Waals surface area contributed by atoms with Crippen LogP contribution in [0.15, 0.2) is 23.3 Å². The van der Waals surface area contributed by atoms with Crippen LogP contribution in [0.25, 0.3) is 0 Å². The lowest BCUT2D eigenvalue weighted by Crippen LogP contribution is -2.27. The number of aliphatic carboxylic acids is 1. The quantitative estimate of drug-likeness (QED) is 0.840. The van der Waals surface area contributed by atoms with Crippen molar-refractivity contribution in [2.75, 3.05) is 13.7 Å². The second kappa shape index (κ2) is 6.47. The Morgan fingerprint density at radius 3 is 2.81 bits per heavy atom. The van der Waals surface area contributed by atoms with Crippen molar-refractivity contribution in [3.05, 3.63) is 23.8 Å². The molecule has 2 unspecified atom stereocenters. The first-order valence-electron chi connectivity index (χ1n) is 6.91. The van der Waals surface area contributed by atoms with Crippen LogP contribution in [0.5, 0.6) is 11.5 Å². The number of carboxylic acid groups (broad SMARTS) is 1. The van der Waals surface area contributed by atoms with Crippen LogP contribution in [0.2, 0.25) is 0 Å². The van der Waals surface area contributed by atoms with Crippen LogP contribution in [0.3, 0.4) is 0 Å². The van der Waals surface area contributed by atoms with E-state index >= 15 is 0 Å². The zero-order chi connectivity index (χ0) is 15.4. The van der Waals surface area contributed by atoms with E-state index in [-0.39, 0.29) is 0 Å². The summed E-state index contributed by atoms with van der Waals surface area (Å²) in [5, 5.41) is 13.4. The van der Waals surface area contributed by atoms with Crippen molar-refractivity contribution in [2.45, 2.75) is 26.3 Å². The molecule has 2 atom stereocenters. The molecule has 0 saturated heterocycles. The molecule has 0 amide bonds. The lowest BCUT2D eigenvalue weighted by atomic mass is 9.91. The number of carbonyl (C=O) groups is 1. The van der Waals surface area contributed by atoms with Crippen molar-refractivity contribution in [1.82, 2.24) is 5.43 Å².